The van der Waals surface area contributed by atoms with Crippen molar-refractivity contribution in [2.24, 2.45) is 0 Å². The van der Waals surface area contributed by atoms with Gasteiger partial charge in [-0.2, -0.15) is 34.4 Å². The van der Waals surface area contributed by atoms with Crippen molar-refractivity contribution in [1.29, 1.82) is 0 Å². The van der Waals surface area contributed by atoms with E-state index in [0.29, 0.717) is 0 Å². The van der Waals surface area contributed by atoms with E-state index in [1.165, 1.54) is 0 Å². The number of hydrogen-bond acceptors (Lipinski definition) is 4. The summed E-state index contributed by atoms with van der Waals surface area (Å²) in [6.07, 6.45) is 0. The topological polar surface area (TPSA) is 109 Å². The average Bonchev–Trinajstić information content (AvgIpc) is 2.26. The Kier molecular flexibility index (Phi) is 3.91. The zero-order chi connectivity index (χ0) is 16.0. The van der Waals surface area contributed by atoms with Crippen molar-refractivity contribution in [3.8, 4) is 0 Å². The minimum Gasteiger partial charge on any atom is -0.281 e. The highest BCUT2D eigenvalue weighted by molar-refractivity contribution is 7.86. The molecule has 1 rings (SSSR count). The van der Waals surface area contributed by atoms with Crippen molar-refractivity contribution in [3.05, 3.63) is 35.4 Å². The van der Waals surface area contributed by atoms with Crippen LogP contribution in [0.5, 0.6) is 0 Å². The largest absolute Gasteiger partial charge is 0.395 e. The van der Waals surface area contributed by atoms with Gasteiger partial charge in [-0.15, -0.1) is 0 Å². The van der Waals surface area contributed by atoms with E-state index in [9.17, 15) is 34.4 Å². The van der Waals surface area contributed by atoms with Gasteiger partial charge in [-0.1, -0.05) is 24.3 Å². The molecule has 0 aliphatic rings. The third kappa shape index (κ3) is 2.77. The summed E-state index contributed by atoms with van der Waals surface area (Å²) in [6.45, 7) is 0. The number of halogens is 4. The van der Waals surface area contributed by atoms with Crippen LogP contribution < -0.4 is 0 Å². The van der Waals surface area contributed by atoms with E-state index in [0.717, 1.165) is 0 Å². The molecule has 0 saturated carbocycles. The Balaban J connectivity index is 3.34. The highest BCUT2D eigenvalue weighted by Crippen LogP contribution is 2.37. The molecular weight excluding hydrogens is 332 g/mol. The molecule has 20 heavy (non-hydrogen) atoms. The van der Waals surface area contributed by atoms with Gasteiger partial charge in [0.2, 0.25) is 0 Å². The maximum absolute atomic E-state index is 13.1. The zero-order valence-electron chi connectivity index (χ0n) is 9.17. The molecule has 0 saturated heterocycles. The lowest BCUT2D eigenvalue weighted by Crippen LogP contribution is -2.27. The summed E-state index contributed by atoms with van der Waals surface area (Å²) in [5.41, 5.74) is -2.70. The van der Waals surface area contributed by atoms with E-state index in [4.69, 9.17) is 9.11 Å². The Morgan fingerprint density at radius 1 is 0.700 bits per heavy atom. The Hall–Kier alpha value is -1.24. The van der Waals surface area contributed by atoms with Crippen LogP contribution in [0.1, 0.15) is 11.1 Å². The molecule has 0 bridgehead atoms. The zero-order valence-corrected chi connectivity index (χ0v) is 10.8. The van der Waals surface area contributed by atoms with Crippen molar-refractivity contribution in [2.45, 2.75) is 10.5 Å². The lowest BCUT2D eigenvalue weighted by Gasteiger charge is -2.16. The van der Waals surface area contributed by atoms with Crippen molar-refractivity contribution in [3.63, 3.8) is 0 Å². The lowest BCUT2D eigenvalue weighted by molar-refractivity contribution is 0.0752. The van der Waals surface area contributed by atoms with Gasteiger partial charge in [0.05, 0.1) is 0 Å². The van der Waals surface area contributed by atoms with Crippen LogP contribution >= 0.6 is 0 Å². The molecule has 0 aliphatic heterocycles. The first-order chi connectivity index (χ1) is 8.71. The predicted molar refractivity (Wildman–Crippen MR) is 57.3 cm³/mol. The van der Waals surface area contributed by atoms with Crippen LogP contribution in [0.4, 0.5) is 17.6 Å². The van der Waals surface area contributed by atoms with E-state index in [1.807, 2.05) is 0 Å². The number of rotatable bonds is 4. The average molecular weight is 338 g/mol. The fraction of sp³-hybridized carbons (Fsp3) is 0.250. The molecule has 0 fully saturated rings. The van der Waals surface area contributed by atoms with E-state index in [-0.39, 0.29) is 24.3 Å². The summed E-state index contributed by atoms with van der Waals surface area (Å²) >= 11 is 0. The van der Waals surface area contributed by atoms with Crippen molar-refractivity contribution in [2.75, 3.05) is 0 Å². The molecule has 0 aliphatic carbocycles. The van der Waals surface area contributed by atoms with Gasteiger partial charge in [-0.25, -0.2) is 0 Å². The van der Waals surface area contributed by atoms with Gasteiger partial charge in [0.25, 0.3) is 0 Å². The quantitative estimate of drug-likeness (QED) is 0.637. The van der Waals surface area contributed by atoms with Crippen LogP contribution in [0.2, 0.25) is 0 Å². The van der Waals surface area contributed by atoms with Gasteiger partial charge in [0.15, 0.2) is 0 Å². The van der Waals surface area contributed by atoms with Crippen LogP contribution in [0.3, 0.4) is 0 Å². The van der Waals surface area contributed by atoms with E-state index in [2.05, 4.69) is 0 Å². The molecule has 0 radical (unpaired) electrons. The molecule has 1 aromatic rings. The minimum absolute atomic E-state index is 0.183. The number of hydrogen-bond donors (Lipinski definition) is 2. The summed E-state index contributed by atoms with van der Waals surface area (Å²) in [6, 6.07) is 0.731. The predicted octanol–water partition coefficient (Wildman–Crippen LogP) is 1.56. The highest BCUT2D eigenvalue weighted by atomic mass is 32.2. The van der Waals surface area contributed by atoms with Gasteiger partial charge in [0, 0.05) is 11.1 Å². The molecule has 0 aromatic heterocycles. The lowest BCUT2D eigenvalue weighted by atomic mass is 10.1. The molecule has 0 unspecified atom stereocenters. The van der Waals surface area contributed by atoms with Crippen LogP contribution in [-0.2, 0) is 30.7 Å². The number of alkyl halides is 4. The molecule has 0 atom stereocenters. The minimum atomic E-state index is -5.82. The van der Waals surface area contributed by atoms with E-state index >= 15 is 0 Å². The third-order valence-electron chi connectivity index (χ3n) is 2.20. The van der Waals surface area contributed by atoms with Gasteiger partial charge in [0.1, 0.15) is 0 Å². The summed E-state index contributed by atoms with van der Waals surface area (Å²) in [7, 11) is -11.6. The molecule has 0 amide bonds. The Bertz CT molecular complexity index is 645. The summed E-state index contributed by atoms with van der Waals surface area (Å²) in [4.78, 5) is 0. The fourth-order valence-electron chi connectivity index (χ4n) is 1.16. The van der Waals surface area contributed by atoms with E-state index in [1.54, 1.807) is 0 Å². The van der Waals surface area contributed by atoms with Gasteiger partial charge in [-0.05, 0) is 0 Å². The standard InChI is InChI=1S/C8H6F4O6S2/c9-7(10,19(13,14)15)5-1-2-6(4-3-5)8(11,12)20(16,17)18/h1-4H,(H,13,14,15)(H,16,17,18). The van der Waals surface area contributed by atoms with Crippen molar-refractivity contribution in [1.82, 2.24) is 0 Å². The first kappa shape index (κ1) is 16.8. The molecular formula is C8H6F4O6S2. The van der Waals surface area contributed by atoms with Crippen LogP contribution in [0, 0.1) is 0 Å². The van der Waals surface area contributed by atoms with E-state index < -0.39 is 41.9 Å². The van der Waals surface area contributed by atoms with Gasteiger partial charge in [-0.3, -0.25) is 9.11 Å². The van der Waals surface area contributed by atoms with Crippen LogP contribution in [0.15, 0.2) is 24.3 Å². The SMILES string of the molecule is O=S(=O)(O)C(F)(F)c1ccc(C(F)(F)S(=O)(=O)O)cc1. The Morgan fingerprint density at radius 3 is 1.05 bits per heavy atom. The monoisotopic (exact) mass is 338 g/mol. The smallest absolute Gasteiger partial charge is 0.281 e. The molecule has 6 nitrogen and oxygen atoms in total. The molecule has 0 heterocycles. The second-order valence-electron chi connectivity index (χ2n) is 3.56. The summed E-state index contributed by atoms with van der Waals surface area (Å²) in [5.74, 6) is 0. The summed E-state index contributed by atoms with van der Waals surface area (Å²) < 4.78 is 111. The normalized spacial score (nSPS) is 14.3. The fourth-order valence-corrected chi connectivity index (χ4v) is 2.02. The molecule has 114 valence electrons. The molecule has 0 spiro atoms. The Labute approximate surface area is 110 Å². The van der Waals surface area contributed by atoms with Crippen molar-refractivity contribution < 1.29 is 43.5 Å². The molecule has 2 N–H and O–H groups in total. The van der Waals surface area contributed by atoms with Crippen LogP contribution in [0.25, 0.3) is 0 Å². The maximum atomic E-state index is 13.1. The molecule has 12 heteroatoms. The van der Waals surface area contributed by atoms with Crippen LogP contribution in [-0.4, -0.2) is 25.9 Å². The first-order valence-electron chi connectivity index (χ1n) is 4.52. The summed E-state index contributed by atoms with van der Waals surface area (Å²) in [5, 5.41) is -9.50. The second-order valence-corrected chi connectivity index (χ2v) is 6.49. The first-order valence-corrected chi connectivity index (χ1v) is 7.40. The van der Waals surface area contributed by atoms with Crippen molar-refractivity contribution >= 4 is 20.2 Å². The van der Waals surface area contributed by atoms with Gasteiger partial charge < -0.3 is 0 Å². The number of benzene rings is 1. The second kappa shape index (κ2) is 4.65. The molecule has 1 aromatic carbocycles. The Morgan fingerprint density at radius 2 is 0.900 bits per heavy atom. The van der Waals surface area contributed by atoms with Gasteiger partial charge >= 0.3 is 30.7 Å². The third-order valence-corrected chi connectivity index (χ3v) is 3.97. The maximum Gasteiger partial charge on any atom is 0.395 e. The highest BCUT2D eigenvalue weighted by Gasteiger charge is 2.48.